The van der Waals surface area contributed by atoms with Crippen LogP contribution in [0, 0.1) is 18.6 Å². The molecule has 0 amide bonds. The van der Waals surface area contributed by atoms with E-state index in [2.05, 4.69) is 10.6 Å². The van der Waals surface area contributed by atoms with Gasteiger partial charge < -0.3 is 15.4 Å². The normalized spacial score (nSPS) is 10.1. The van der Waals surface area contributed by atoms with E-state index in [0.717, 1.165) is 17.9 Å². The van der Waals surface area contributed by atoms with Crippen LogP contribution in [0.2, 0.25) is 0 Å². The molecule has 3 nitrogen and oxygen atoms in total. The van der Waals surface area contributed by atoms with Crippen LogP contribution >= 0.6 is 12.2 Å². The van der Waals surface area contributed by atoms with Crippen LogP contribution < -0.4 is 15.4 Å². The molecule has 2 rings (SSSR count). The molecule has 0 atom stereocenters. The van der Waals surface area contributed by atoms with Crippen LogP contribution in [0.15, 0.2) is 42.5 Å². The first-order valence-corrected chi connectivity index (χ1v) is 7.15. The van der Waals surface area contributed by atoms with Gasteiger partial charge in [0.25, 0.3) is 0 Å². The Morgan fingerprint density at radius 1 is 1.09 bits per heavy atom. The van der Waals surface area contributed by atoms with Crippen LogP contribution in [0.25, 0.3) is 0 Å². The lowest BCUT2D eigenvalue weighted by molar-refractivity contribution is 0.322. The van der Waals surface area contributed by atoms with E-state index < -0.39 is 11.6 Å². The summed E-state index contributed by atoms with van der Waals surface area (Å²) in [6, 6.07) is 11.2. The van der Waals surface area contributed by atoms with Gasteiger partial charge in [0, 0.05) is 11.8 Å². The average Bonchev–Trinajstić information content (AvgIpc) is 2.49. The predicted molar refractivity (Wildman–Crippen MR) is 87.3 cm³/mol. The van der Waals surface area contributed by atoms with Crippen molar-refractivity contribution >= 4 is 23.0 Å². The molecular formula is C16H16F2N2OS. The fraction of sp³-hybridized carbons (Fsp3) is 0.188. The molecule has 0 aromatic heterocycles. The summed E-state index contributed by atoms with van der Waals surface area (Å²) in [7, 11) is 0. The average molecular weight is 322 g/mol. The van der Waals surface area contributed by atoms with Crippen molar-refractivity contribution in [2.75, 3.05) is 18.5 Å². The summed E-state index contributed by atoms with van der Waals surface area (Å²) in [6.45, 7) is 2.93. The second kappa shape index (κ2) is 7.70. The van der Waals surface area contributed by atoms with Crippen LogP contribution in [0.1, 0.15) is 5.56 Å². The van der Waals surface area contributed by atoms with E-state index in [4.69, 9.17) is 17.0 Å². The van der Waals surface area contributed by atoms with Crippen molar-refractivity contribution in [1.29, 1.82) is 0 Å². The van der Waals surface area contributed by atoms with E-state index >= 15 is 0 Å². The van der Waals surface area contributed by atoms with Crippen LogP contribution in [-0.4, -0.2) is 18.3 Å². The summed E-state index contributed by atoms with van der Waals surface area (Å²) in [4.78, 5) is 0. The molecule has 0 heterocycles. The van der Waals surface area contributed by atoms with Gasteiger partial charge in [-0.05, 0) is 43.4 Å². The summed E-state index contributed by atoms with van der Waals surface area (Å²) in [5, 5.41) is 6.02. The Bertz CT molecular complexity index is 647. The SMILES string of the molecule is Cc1ccc(OCCNC(=S)Nc2ccc(F)c(F)c2)cc1. The molecule has 0 aliphatic rings. The lowest BCUT2D eigenvalue weighted by atomic mass is 10.2. The predicted octanol–water partition coefficient (Wildman–Crippen LogP) is 3.64. The van der Waals surface area contributed by atoms with Gasteiger partial charge in [-0.25, -0.2) is 8.78 Å². The molecule has 0 saturated heterocycles. The third-order valence-corrected chi connectivity index (χ3v) is 3.10. The third kappa shape index (κ3) is 4.96. The number of ether oxygens (including phenoxy) is 1. The quantitative estimate of drug-likeness (QED) is 0.650. The number of nitrogens with one attached hydrogen (secondary N) is 2. The van der Waals surface area contributed by atoms with E-state index in [9.17, 15) is 8.78 Å². The van der Waals surface area contributed by atoms with Gasteiger partial charge in [0.15, 0.2) is 16.7 Å². The maximum Gasteiger partial charge on any atom is 0.170 e. The number of rotatable bonds is 5. The molecule has 22 heavy (non-hydrogen) atoms. The highest BCUT2D eigenvalue weighted by atomic mass is 32.1. The van der Waals surface area contributed by atoms with E-state index in [-0.39, 0.29) is 0 Å². The Kier molecular flexibility index (Phi) is 5.66. The number of thiocarbonyl (C=S) groups is 1. The van der Waals surface area contributed by atoms with Crippen molar-refractivity contribution in [3.05, 3.63) is 59.7 Å². The minimum Gasteiger partial charge on any atom is -0.492 e. The van der Waals surface area contributed by atoms with Gasteiger partial charge in [0.2, 0.25) is 0 Å². The van der Waals surface area contributed by atoms with Crippen LogP contribution in [0.5, 0.6) is 5.75 Å². The third-order valence-electron chi connectivity index (χ3n) is 2.85. The first-order valence-electron chi connectivity index (χ1n) is 6.74. The van der Waals surface area contributed by atoms with Crippen LogP contribution in [0.3, 0.4) is 0 Å². The first-order chi connectivity index (χ1) is 10.5. The van der Waals surface area contributed by atoms with Gasteiger partial charge >= 0.3 is 0 Å². The molecule has 0 radical (unpaired) electrons. The second-order valence-electron chi connectivity index (χ2n) is 4.67. The lowest BCUT2D eigenvalue weighted by Crippen LogP contribution is -2.32. The van der Waals surface area contributed by atoms with E-state index in [1.165, 1.54) is 11.6 Å². The molecule has 0 spiro atoms. The largest absolute Gasteiger partial charge is 0.492 e. The van der Waals surface area contributed by atoms with Gasteiger partial charge in [0.1, 0.15) is 12.4 Å². The van der Waals surface area contributed by atoms with Crippen molar-refractivity contribution in [2.24, 2.45) is 0 Å². The highest BCUT2D eigenvalue weighted by Gasteiger charge is 2.03. The lowest BCUT2D eigenvalue weighted by Gasteiger charge is -2.11. The number of halogens is 2. The fourth-order valence-corrected chi connectivity index (χ4v) is 1.94. The first kappa shape index (κ1) is 16.2. The molecule has 0 fully saturated rings. The number of benzene rings is 2. The second-order valence-corrected chi connectivity index (χ2v) is 5.08. The molecule has 0 aliphatic heterocycles. The van der Waals surface area contributed by atoms with Crippen LogP contribution in [-0.2, 0) is 0 Å². The standard InChI is InChI=1S/C16H16F2N2OS/c1-11-2-5-13(6-3-11)21-9-8-19-16(22)20-12-4-7-14(17)15(18)10-12/h2-7,10H,8-9H2,1H3,(H2,19,20,22). The number of hydrogen-bond donors (Lipinski definition) is 2. The number of hydrogen-bond acceptors (Lipinski definition) is 2. The summed E-state index contributed by atoms with van der Waals surface area (Å²) < 4.78 is 31.4. The minimum atomic E-state index is -0.921. The van der Waals surface area contributed by atoms with Crippen molar-refractivity contribution in [2.45, 2.75) is 6.92 Å². The zero-order chi connectivity index (χ0) is 15.9. The zero-order valence-corrected chi connectivity index (χ0v) is 12.8. The van der Waals surface area contributed by atoms with Gasteiger partial charge in [-0.3, -0.25) is 0 Å². The molecule has 116 valence electrons. The molecule has 2 aromatic rings. The van der Waals surface area contributed by atoms with Gasteiger partial charge in [-0.15, -0.1) is 0 Å². The number of anilines is 1. The summed E-state index contributed by atoms with van der Waals surface area (Å²) in [6.07, 6.45) is 0. The maximum absolute atomic E-state index is 13.1. The smallest absolute Gasteiger partial charge is 0.170 e. The van der Waals surface area contributed by atoms with E-state index in [0.29, 0.717) is 24.0 Å². The van der Waals surface area contributed by atoms with Gasteiger partial charge in [0.05, 0.1) is 6.54 Å². The zero-order valence-electron chi connectivity index (χ0n) is 12.0. The van der Waals surface area contributed by atoms with Crippen molar-refractivity contribution < 1.29 is 13.5 Å². The molecule has 0 bridgehead atoms. The van der Waals surface area contributed by atoms with E-state index in [1.807, 2.05) is 31.2 Å². The van der Waals surface area contributed by atoms with Crippen molar-refractivity contribution in [3.63, 3.8) is 0 Å². The Hall–Kier alpha value is -2.21. The minimum absolute atomic E-state index is 0.318. The molecule has 2 N–H and O–H groups in total. The molecule has 0 aliphatic carbocycles. The maximum atomic E-state index is 13.1. The Morgan fingerprint density at radius 3 is 2.50 bits per heavy atom. The molecule has 6 heteroatoms. The highest BCUT2D eigenvalue weighted by molar-refractivity contribution is 7.80. The van der Waals surface area contributed by atoms with Gasteiger partial charge in [-0.2, -0.15) is 0 Å². The summed E-state index contributed by atoms with van der Waals surface area (Å²) in [5.41, 5.74) is 1.55. The molecule has 0 saturated carbocycles. The van der Waals surface area contributed by atoms with E-state index in [1.54, 1.807) is 0 Å². The Labute approximate surface area is 133 Å². The molecular weight excluding hydrogens is 306 g/mol. The fourth-order valence-electron chi connectivity index (χ4n) is 1.72. The topological polar surface area (TPSA) is 33.3 Å². The number of aryl methyl sites for hydroxylation is 1. The Balaban J connectivity index is 1.71. The summed E-state index contributed by atoms with van der Waals surface area (Å²) >= 11 is 5.07. The Morgan fingerprint density at radius 2 is 1.82 bits per heavy atom. The molecule has 0 unspecified atom stereocenters. The van der Waals surface area contributed by atoms with Crippen molar-refractivity contribution in [3.8, 4) is 5.75 Å². The highest BCUT2D eigenvalue weighted by Crippen LogP contribution is 2.13. The molecule has 2 aromatic carbocycles. The van der Waals surface area contributed by atoms with Crippen LogP contribution in [0.4, 0.5) is 14.5 Å². The van der Waals surface area contributed by atoms with Gasteiger partial charge in [-0.1, -0.05) is 17.7 Å². The summed E-state index contributed by atoms with van der Waals surface area (Å²) in [5.74, 6) is -1.03. The monoisotopic (exact) mass is 322 g/mol. The van der Waals surface area contributed by atoms with Crippen molar-refractivity contribution in [1.82, 2.24) is 5.32 Å².